The molecule has 1 aromatic carbocycles. The van der Waals surface area contributed by atoms with Crippen molar-refractivity contribution in [3.63, 3.8) is 0 Å². The maximum atomic E-state index is 5.27. The molecule has 0 aromatic heterocycles. The highest BCUT2D eigenvalue weighted by molar-refractivity contribution is 5.22. The van der Waals surface area contributed by atoms with Gasteiger partial charge in [-0.05, 0) is 43.4 Å². The maximum absolute atomic E-state index is 5.27. The molecule has 1 unspecified atom stereocenters. The maximum Gasteiger partial charge on any atom is 0.0589 e. The summed E-state index contributed by atoms with van der Waals surface area (Å²) in [5.74, 6) is 0.898. The Kier molecular flexibility index (Phi) is 6.68. The lowest BCUT2D eigenvalue weighted by atomic mass is 10.1. The van der Waals surface area contributed by atoms with E-state index in [2.05, 4.69) is 48.3 Å². The third-order valence-electron chi connectivity index (χ3n) is 4.45. The first-order chi connectivity index (χ1) is 10.2. The van der Waals surface area contributed by atoms with E-state index in [0.717, 1.165) is 38.7 Å². The van der Waals surface area contributed by atoms with E-state index >= 15 is 0 Å². The van der Waals surface area contributed by atoms with E-state index < -0.39 is 0 Å². The van der Waals surface area contributed by atoms with Gasteiger partial charge in [-0.3, -0.25) is 4.90 Å². The molecular weight excluding hydrogens is 260 g/mol. The van der Waals surface area contributed by atoms with E-state index in [0.29, 0.717) is 6.04 Å². The fraction of sp³-hybridized carbons (Fsp3) is 0.667. The second-order valence-electron chi connectivity index (χ2n) is 6.14. The summed E-state index contributed by atoms with van der Waals surface area (Å²) in [4.78, 5) is 2.57. The average molecular weight is 290 g/mol. The van der Waals surface area contributed by atoms with Crippen LogP contribution in [0.25, 0.3) is 0 Å². The zero-order chi connectivity index (χ0) is 15.1. The Morgan fingerprint density at radius 1 is 1.24 bits per heavy atom. The topological polar surface area (TPSA) is 24.5 Å². The van der Waals surface area contributed by atoms with Gasteiger partial charge in [-0.25, -0.2) is 0 Å². The Labute approximate surface area is 129 Å². The van der Waals surface area contributed by atoms with Gasteiger partial charge in [-0.15, -0.1) is 0 Å². The van der Waals surface area contributed by atoms with Crippen molar-refractivity contribution in [3.05, 3.63) is 35.4 Å². The predicted octanol–water partition coefficient (Wildman–Crippen LogP) is 3.04. The van der Waals surface area contributed by atoms with Crippen LogP contribution in [0.1, 0.15) is 37.8 Å². The number of methoxy groups -OCH3 is 1. The van der Waals surface area contributed by atoms with Gasteiger partial charge in [0.25, 0.3) is 0 Å². The van der Waals surface area contributed by atoms with E-state index in [4.69, 9.17) is 4.74 Å². The second-order valence-corrected chi connectivity index (χ2v) is 6.14. The molecule has 1 fully saturated rings. The minimum atomic E-state index is 0.668. The molecule has 0 bridgehead atoms. The Hall–Kier alpha value is -0.900. The Morgan fingerprint density at radius 2 is 1.90 bits per heavy atom. The molecule has 21 heavy (non-hydrogen) atoms. The number of ether oxygens (including phenoxy) is 1. The summed E-state index contributed by atoms with van der Waals surface area (Å²) in [5, 5.41) is 3.37. The lowest BCUT2D eigenvalue weighted by Gasteiger charge is -2.29. The van der Waals surface area contributed by atoms with Crippen LogP contribution in [0.2, 0.25) is 0 Å². The molecule has 0 heterocycles. The van der Waals surface area contributed by atoms with Crippen molar-refractivity contribution in [1.82, 2.24) is 10.2 Å². The zero-order valence-corrected chi connectivity index (χ0v) is 13.8. The van der Waals surface area contributed by atoms with Crippen molar-refractivity contribution >= 4 is 0 Å². The van der Waals surface area contributed by atoms with Crippen LogP contribution in [-0.4, -0.2) is 37.7 Å². The molecule has 1 N–H and O–H groups in total. The Morgan fingerprint density at radius 3 is 2.48 bits per heavy atom. The number of hydrogen-bond donors (Lipinski definition) is 1. The highest BCUT2D eigenvalue weighted by atomic mass is 16.5. The molecule has 2 rings (SSSR count). The van der Waals surface area contributed by atoms with Crippen molar-refractivity contribution in [3.8, 4) is 0 Å². The highest BCUT2D eigenvalue weighted by Crippen LogP contribution is 2.35. The fourth-order valence-corrected chi connectivity index (χ4v) is 2.78. The minimum absolute atomic E-state index is 0.668. The lowest BCUT2D eigenvalue weighted by Crippen LogP contribution is -2.36. The zero-order valence-electron chi connectivity index (χ0n) is 13.8. The van der Waals surface area contributed by atoms with Crippen LogP contribution in [0, 0.1) is 5.92 Å². The average Bonchev–Trinajstić information content (AvgIpc) is 3.34. The van der Waals surface area contributed by atoms with Crippen molar-refractivity contribution < 1.29 is 4.74 Å². The lowest BCUT2D eigenvalue weighted by molar-refractivity contribution is 0.111. The minimum Gasteiger partial charge on any atom is -0.383 e. The highest BCUT2D eigenvalue weighted by Gasteiger charge is 2.31. The summed E-state index contributed by atoms with van der Waals surface area (Å²) < 4.78 is 5.27. The van der Waals surface area contributed by atoms with Crippen LogP contribution >= 0.6 is 0 Å². The van der Waals surface area contributed by atoms with Gasteiger partial charge < -0.3 is 10.1 Å². The summed E-state index contributed by atoms with van der Waals surface area (Å²) in [6, 6.07) is 9.70. The quantitative estimate of drug-likeness (QED) is 0.717. The molecule has 0 radical (unpaired) electrons. The SMILES string of the molecule is CCNCc1ccc(CN(CCOC)C(C)C2CC2)cc1. The smallest absolute Gasteiger partial charge is 0.0589 e. The van der Waals surface area contributed by atoms with Crippen LogP contribution in [0.5, 0.6) is 0 Å². The van der Waals surface area contributed by atoms with Gasteiger partial charge >= 0.3 is 0 Å². The monoisotopic (exact) mass is 290 g/mol. The van der Waals surface area contributed by atoms with Crippen molar-refractivity contribution in [2.24, 2.45) is 5.92 Å². The Balaban J connectivity index is 1.91. The van der Waals surface area contributed by atoms with Gasteiger partial charge in [-0.1, -0.05) is 31.2 Å². The fourth-order valence-electron chi connectivity index (χ4n) is 2.78. The molecule has 1 atom stereocenters. The van der Waals surface area contributed by atoms with Crippen LogP contribution < -0.4 is 5.32 Å². The molecule has 0 aliphatic heterocycles. The molecule has 1 aliphatic carbocycles. The molecular formula is C18H30N2O. The van der Waals surface area contributed by atoms with E-state index in [1.807, 2.05) is 0 Å². The van der Waals surface area contributed by atoms with Gasteiger partial charge in [0.05, 0.1) is 6.61 Å². The summed E-state index contributed by atoms with van der Waals surface area (Å²) >= 11 is 0. The third-order valence-corrected chi connectivity index (χ3v) is 4.45. The number of nitrogens with zero attached hydrogens (tertiary/aromatic N) is 1. The first-order valence-corrected chi connectivity index (χ1v) is 8.26. The van der Waals surface area contributed by atoms with E-state index in [1.54, 1.807) is 7.11 Å². The molecule has 0 amide bonds. The summed E-state index contributed by atoms with van der Waals surface area (Å²) in [5.41, 5.74) is 2.76. The van der Waals surface area contributed by atoms with Gasteiger partial charge in [-0.2, -0.15) is 0 Å². The van der Waals surface area contributed by atoms with E-state index in [-0.39, 0.29) is 0 Å². The number of rotatable bonds is 10. The molecule has 1 aromatic rings. The number of hydrogen-bond acceptors (Lipinski definition) is 3. The Bertz CT molecular complexity index is 400. The van der Waals surface area contributed by atoms with E-state index in [1.165, 1.54) is 24.0 Å². The van der Waals surface area contributed by atoms with Crippen LogP contribution in [-0.2, 0) is 17.8 Å². The molecule has 3 heteroatoms. The van der Waals surface area contributed by atoms with Crippen molar-refractivity contribution in [1.29, 1.82) is 0 Å². The molecule has 1 saturated carbocycles. The molecule has 3 nitrogen and oxygen atoms in total. The van der Waals surface area contributed by atoms with Crippen LogP contribution in [0.4, 0.5) is 0 Å². The molecule has 1 aliphatic rings. The third kappa shape index (κ3) is 5.42. The summed E-state index contributed by atoms with van der Waals surface area (Å²) in [6.45, 7) is 9.35. The first kappa shape index (κ1) is 16.5. The van der Waals surface area contributed by atoms with Gasteiger partial charge in [0, 0.05) is 32.8 Å². The molecule has 118 valence electrons. The van der Waals surface area contributed by atoms with Gasteiger partial charge in [0.1, 0.15) is 0 Å². The van der Waals surface area contributed by atoms with Crippen LogP contribution in [0.15, 0.2) is 24.3 Å². The van der Waals surface area contributed by atoms with Crippen LogP contribution in [0.3, 0.4) is 0 Å². The molecule has 0 spiro atoms. The number of nitrogens with one attached hydrogen (secondary N) is 1. The predicted molar refractivity (Wildman–Crippen MR) is 88.3 cm³/mol. The van der Waals surface area contributed by atoms with E-state index in [9.17, 15) is 0 Å². The van der Waals surface area contributed by atoms with Crippen molar-refractivity contribution in [2.75, 3.05) is 26.8 Å². The first-order valence-electron chi connectivity index (χ1n) is 8.26. The molecule has 0 saturated heterocycles. The second kappa shape index (κ2) is 8.52. The summed E-state index contributed by atoms with van der Waals surface area (Å²) in [6.07, 6.45) is 2.79. The summed E-state index contributed by atoms with van der Waals surface area (Å²) in [7, 11) is 1.79. The largest absolute Gasteiger partial charge is 0.383 e. The van der Waals surface area contributed by atoms with Crippen molar-refractivity contribution in [2.45, 2.75) is 45.8 Å². The standard InChI is InChI=1S/C18H30N2O/c1-4-19-13-16-5-7-17(8-6-16)14-20(11-12-21-3)15(2)18-9-10-18/h5-8,15,18-19H,4,9-14H2,1-3H3. The number of benzene rings is 1. The van der Waals surface area contributed by atoms with Gasteiger partial charge in [0.2, 0.25) is 0 Å². The normalized spacial score (nSPS) is 16.4. The van der Waals surface area contributed by atoms with Gasteiger partial charge in [0.15, 0.2) is 0 Å².